The zero-order valence-electron chi connectivity index (χ0n) is 11.6. The summed E-state index contributed by atoms with van der Waals surface area (Å²) < 4.78 is 7.74. The van der Waals surface area contributed by atoms with E-state index in [1.54, 1.807) is 13.0 Å². The fourth-order valence-electron chi connectivity index (χ4n) is 2.23. The van der Waals surface area contributed by atoms with Gasteiger partial charge in [0, 0.05) is 22.0 Å². The van der Waals surface area contributed by atoms with Crippen molar-refractivity contribution in [3.05, 3.63) is 44.7 Å². The average Bonchev–Trinajstić information content (AvgIpc) is 2.37. The number of nitrogens with zero attached hydrogens (tertiary/aromatic N) is 1. The van der Waals surface area contributed by atoms with Crippen LogP contribution in [0.4, 0.5) is 0 Å². The Morgan fingerprint density at radius 1 is 1.35 bits per heavy atom. The van der Waals surface area contributed by atoms with E-state index in [1.807, 2.05) is 30.5 Å². The van der Waals surface area contributed by atoms with Crippen molar-refractivity contribution in [3.8, 4) is 0 Å². The summed E-state index contributed by atoms with van der Waals surface area (Å²) in [6.45, 7) is 5.95. The molecule has 5 heteroatoms. The number of aromatic nitrogens is 1. The van der Waals surface area contributed by atoms with Crippen LogP contribution in [0, 0.1) is 0 Å². The third-order valence-corrected chi connectivity index (χ3v) is 3.51. The molecule has 106 valence electrons. The van der Waals surface area contributed by atoms with Crippen molar-refractivity contribution >= 4 is 32.8 Å². The van der Waals surface area contributed by atoms with Crippen molar-refractivity contribution in [1.29, 1.82) is 0 Å². The standard InChI is InChI=1S/C15H16BrNO3/c1-4-20-15(19)13-8-14(18)11-6-5-10(16)7-12(11)17(13)9(2)3/h5-9H,4H2,1-3H3. The monoisotopic (exact) mass is 337 g/mol. The predicted octanol–water partition coefficient (Wildman–Crippen LogP) is 3.52. The molecule has 0 amide bonds. The minimum absolute atomic E-state index is 0.0341. The first kappa shape index (κ1) is 14.8. The van der Waals surface area contributed by atoms with E-state index in [1.165, 1.54) is 6.07 Å². The first-order valence-corrected chi connectivity index (χ1v) is 7.27. The van der Waals surface area contributed by atoms with E-state index in [0.717, 1.165) is 9.99 Å². The zero-order chi connectivity index (χ0) is 14.9. The van der Waals surface area contributed by atoms with Gasteiger partial charge in [-0.15, -0.1) is 0 Å². The number of halogens is 1. The van der Waals surface area contributed by atoms with Gasteiger partial charge in [-0.25, -0.2) is 4.79 Å². The molecule has 0 N–H and O–H groups in total. The maximum atomic E-state index is 12.2. The van der Waals surface area contributed by atoms with Crippen LogP contribution in [0.5, 0.6) is 0 Å². The Morgan fingerprint density at radius 2 is 2.05 bits per heavy atom. The van der Waals surface area contributed by atoms with Crippen molar-refractivity contribution in [2.75, 3.05) is 6.61 Å². The Bertz CT molecular complexity index is 719. The van der Waals surface area contributed by atoms with E-state index in [-0.39, 0.29) is 23.8 Å². The molecule has 20 heavy (non-hydrogen) atoms. The largest absolute Gasteiger partial charge is 0.461 e. The molecule has 0 unspecified atom stereocenters. The normalized spacial score (nSPS) is 11.1. The third-order valence-electron chi connectivity index (χ3n) is 3.01. The molecule has 2 aromatic rings. The predicted molar refractivity (Wildman–Crippen MR) is 82.2 cm³/mol. The molecule has 0 spiro atoms. The van der Waals surface area contributed by atoms with Gasteiger partial charge in [0.25, 0.3) is 0 Å². The summed E-state index contributed by atoms with van der Waals surface area (Å²) in [5.74, 6) is -0.472. The number of ether oxygens (including phenoxy) is 1. The molecule has 0 bridgehead atoms. The smallest absolute Gasteiger partial charge is 0.355 e. The fraction of sp³-hybridized carbons (Fsp3) is 0.333. The van der Waals surface area contributed by atoms with Crippen LogP contribution >= 0.6 is 15.9 Å². The summed E-state index contributed by atoms with van der Waals surface area (Å²) in [5, 5.41) is 0.593. The molecule has 0 fully saturated rings. The highest BCUT2D eigenvalue weighted by molar-refractivity contribution is 9.10. The van der Waals surface area contributed by atoms with Gasteiger partial charge < -0.3 is 9.30 Å². The third kappa shape index (κ3) is 2.63. The molecule has 0 aliphatic rings. The van der Waals surface area contributed by atoms with E-state index in [2.05, 4.69) is 15.9 Å². The molecule has 1 aromatic heterocycles. The van der Waals surface area contributed by atoms with Gasteiger partial charge in [0.2, 0.25) is 0 Å². The Labute approximate surface area is 125 Å². The van der Waals surface area contributed by atoms with E-state index < -0.39 is 5.97 Å². The van der Waals surface area contributed by atoms with Crippen molar-refractivity contribution < 1.29 is 9.53 Å². The average molecular weight is 338 g/mol. The maximum absolute atomic E-state index is 12.2. The lowest BCUT2D eigenvalue weighted by Crippen LogP contribution is -2.21. The number of benzene rings is 1. The van der Waals surface area contributed by atoms with Crippen LogP contribution in [0.25, 0.3) is 10.9 Å². The summed E-state index contributed by atoms with van der Waals surface area (Å²) in [7, 11) is 0. The second kappa shape index (κ2) is 5.79. The topological polar surface area (TPSA) is 48.3 Å². The van der Waals surface area contributed by atoms with Gasteiger partial charge in [-0.2, -0.15) is 0 Å². The SMILES string of the molecule is CCOC(=O)c1cc(=O)c2ccc(Br)cc2n1C(C)C. The molecule has 0 saturated carbocycles. The zero-order valence-corrected chi connectivity index (χ0v) is 13.2. The molecule has 0 radical (unpaired) electrons. The molecule has 0 aliphatic carbocycles. The van der Waals surface area contributed by atoms with Crippen molar-refractivity contribution in [2.45, 2.75) is 26.8 Å². The lowest BCUT2D eigenvalue weighted by atomic mass is 10.1. The summed E-state index contributed by atoms with van der Waals surface area (Å²) >= 11 is 3.40. The highest BCUT2D eigenvalue weighted by Crippen LogP contribution is 2.22. The molecule has 1 heterocycles. The number of rotatable bonds is 3. The van der Waals surface area contributed by atoms with Crippen LogP contribution in [0.15, 0.2) is 33.5 Å². The van der Waals surface area contributed by atoms with Gasteiger partial charge in [0.05, 0.1) is 12.1 Å². The van der Waals surface area contributed by atoms with E-state index in [0.29, 0.717) is 5.39 Å². The lowest BCUT2D eigenvalue weighted by molar-refractivity contribution is 0.0511. The molecule has 2 rings (SSSR count). The number of carbonyl (C=O) groups is 1. The number of hydrogen-bond donors (Lipinski definition) is 0. The first-order valence-electron chi connectivity index (χ1n) is 6.47. The number of hydrogen-bond acceptors (Lipinski definition) is 3. The number of carbonyl (C=O) groups excluding carboxylic acids is 1. The second-order valence-electron chi connectivity index (χ2n) is 4.74. The molecule has 0 atom stereocenters. The van der Waals surface area contributed by atoms with Crippen LogP contribution in [0.3, 0.4) is 0 Å². The molecular weight excluding hydrogens is 322 g/mol. The number of fused-ring (bicyclic) bond motifs is 1. The first-order chi connectivity index (χ1) is 9.45. The van der Waals surface area contributed by atoms with Gasteiger partial charge in [-0.1, -0.05) is 15.9 Å². The van der Waals surface area contributed by atoms with Gasteiger partial charge in [0.1, 0.15) is 5.69 Å². The Balaban J connectivity index is 2.85. The highest BCUT2D eigenvalue weighted by atomic mass is 79.9. The summed E-state index contributed by atoms with van der Waals surface area (Å²) in [5.41, 5.74) is 0.842. The summed E-state index contributed by atoms with van der Waals surface area (Å²) in [6.07, 6.45) is 0. The molecule has 0 saturated heterocycles. The van der Waals surface area contributed by atoms with Gasteiger partial charge in [-0.05, 0) is 39.0 Å². The Hall–Kier alpha value is -1.62. The maximum Gasteiger partial charge on any atom is 0.355 e. The van der Waals surface area contributed by atoms with Crippen LogP contribution < -0.4 is 5.43 Å². The van der Waals surface area contributed by atoms with Gasteiger partial charge in [-0.3, -0.25) is 4.79 Å². The Morgan fingerprint density at radius 3 is 2.65 bits per heavy atom. The highest BCUT2D eigenvalue weighted by Gasteiger charge is 2.18. The van der Waals surface area contributed by atoms with Gasteiger partial charge in [0.15, 0.2) is 5.43 Å². The van der Waals surface area contributed by atoms with Crippen molar-refractivity contribution in [1.82, 2.24) is 4.57 Å². The summed E-state index contributed by atoms with van der Waals surface area (Å²) in [6, 6.07) is 6.81. The molecule has 1 aromatic carbocycles. The molecular formula is C15H16BrNO3. The van der Waals surface area contributed by atoms with Crippen molar-refractivity contribution in [3.63, 3.8) is 0 Å². The van der Waals surface area contributed by atoms with Crippen LogP contribution in [-0.2, 0) is 4.74 Å². The molecule has 0 aliphatic heterocycles. The summed E-state index contributed by atoms with van der Waals surface area (Å²) in [4.78, 5) is 24.2. The van der Waals surface area contributed by atoms with E-state index in [9.17, 15) is 9.59 Å². The lowest BCUT2D eigenvalue weighted by Gasteiger charge is -2.19. The minimum atomic E-state index is -0.472. The van der Waals surface area contributed by atoms with Crippen LogP contribution in [0.1, 0.15) is 37.3 Å². The van der Waals surface area contributed by atoms with E-state index >= 15 is 0 Å². The number of esters is 1. The van der Waals surface area contributed by atoms with Crippen LogP contribution in [0.2, 0.25) is 0 Å². The number of pyridine rings is 1. The van der Waals surface area contributed by atoms with Crippen LogP contribution in [-0.4, -0.2) is 17.1 Å². The fourth-order valence-corrected chi connectivity index (χ4v) is 2.58. The Kier molecular flexibility index (Phi) is 4.28. The van der Waals surface area contributed by atoms with Gasteiger partial charge >= 0.3 is 5.97 Å². The second-order valence-corrected chi connectivity index (χ2v) is 5.66. The van der Waals surface area contributed by atoms with Crippen molar-refractivity contribution in [2.24, 2.45) is 0 Å². The van der Waals surface area contributed by atoms with E-state index in [4.69, 9.17) is 4.74 Å². The quantitative estimate of drug-likeness (QED) is 0.805. The minimum Gasteiger partial charge on any atom is -0.461 e. The molecule has 4 nitrogen and oxygen atoms in total.